The number of nitrogens with one attached hydrogen (secondary N) is 2. The maximum atomic E-state index is 13.2. The van der Waals surface area contributed by atoms with Crippen molar-refractivity contribution >= 4 is 0 Å². The topological polar surface area (TPSA) is 93.6 Å². The molecule has 3 aliphatic rings. The van der Waals surface area contributed by atoms with E-state index in [4.69, 9.17) is 4.74 Å². The van der Waals surface area contributed by atoms with Gasteiger partial charge in [-0.1, -0.05) is 26.7 Å². The second-order valence-corrected chi connectivity index (χ2v) is 7.81. The lowest BCUT2D eigenvalue weighted by Gasteiger charge is -2.44. The zero-order chi connectivity index (χ0) is 17.3. The van der Waals surface area contributed by atoms with Crippen LogP contribution < -0.4 is 10.6 Å². The average molecular weight is 338 g/mol. The van der Waals surface area contributed by atoms with Gasteiger partial charge in [-0.15, -0.1) is 0 Å². The molecule has 4 N–H and O–H groups in total. The quantitative estimate of drug-likeness (QED) is 0.450. The zero-order valence-electron chi connectivity index (χ0n) is 13.6. The fraction of sp³-hybridized carbons (Fsp3) is 1.00. The van der Waals surface area contributed by atoms with E-state index in [1.54, 1.807) is 0 Å². The highest BCUT2D eigenvalue weighted by atomic mass is 19.4. The largest absolute Gasteiger partial charge is 0.417 e. The molecule has 0 bridgehead atoms. The summed E-state index contributed by atoms with van der Waals surface area (Å²) in [6.45, 7) is 4.42. The van der Waals surface area contributed by atoms with Gasteiger partial charge in [0.15, 0.2) is 11.9 Å². The van der Waals surface area contributed by atoms with Crippen LogP contribution in [0.3, 0.4) is 0 Å². The molecule has 0 aromatic heterocycles. The Morgan fingerprint density at radius 3 is 2.13 bits per heavy atom. The van der Waals surface area contributed by atoms with Crippen LogP contribution in [0.5, 0.6) is 0 Å². The molecule has 0 spiro atoms. The van der Waals surface area contributed by atoms with Crippen molar-refractivity contribution in [3.05, 3.63) is 0 Å². The summed E-state index contributed by atoms with van der Waals surface area (Å²) in [5, 5.41) is 26.8. The third-order valence-corrected chi connectivity index (χ3v) is 5.95. The summed E-state index contributed by atoms with van der Waals surface area (Å²) >= 11 is 0. The number of alkyl halides is 3. The lowest BCUT2D eigenvalue weighted by molar-refractivity contribution is -0.301. The average Bonchev–Trinajstić information content (AvgIpc) is 3.26. The molecule has 2 aliphatic heterocycles. The molecule has 3 rings (SSSR count). The van der Waals surface area contributed by atoms with Gasteiger partial charge >= 0.3 is 6.18 Å². The van der Waals surface area contributed by atoms with Gasteiger partial charge in [-0.2, -0.15) is 13.2 Å². The summed E-state index contributed by atoms with van der Waals surface area (Å²) in [6.07, 6.45) is -4.63. The smallest absolute Gasteiger partial charge is 0.380 e. The zero-order valence-corrected chi connectivity index (χ0v) is 13.6. The van der Waals surface area contributed by atoms with E-state index in [0.717, 1.165) is 13.3 Å². The lowest BCUT2D eigenvalue weighted by Crippen LogP contribution is -2.56. The van der Waals surface area contributed by atoms with Crippen molar-refractivity contribution in [3.8, 4) is 0 Å². The predicted molar refractivity (Wildman–Crippen MR) is 76.1 cm³/mol. The van der Waals surface area contributed by atoms with Gasteiger partial charge in [-0.3, -0.25) is 10.6 Å². The summed E-state index contributed by atoms with van der Waals surface area (Å²) in [5.74, 6) is -1.07. The van der Waals surface area contributed by atoms with Gasteiger partial charge in [-0.05, 0) is 19.8 Å². The molecule has 0 amide bonds. The number of halogens is 3. The van der Waals surface area contributed by atoms with Crippen LogP contribution in [0.25, 0.3) is 0 Å². The van der Waals surface area contributed by atoms with Crippen molar-refractivity contribution in [1.82, 2.24) is 10.6 Å². The molecule has 0 radical (unpaired) electrons. The fourth-order valence-corrected chi connectivity index (χ4v) is 3.76. The maximum absolute atomic E-state index is 13.2. The van der Waals surface area contributed by atoms with Crippen molar-refractivity contribution in [3.63, 3.8) is 0 Å². The van der Waals surface area contributed by atoms with Gasteiger partial charge in [-0.25, -0.2) is 0 Å². The Morgan fingerprint density at radius 1 is 1.13 bits per heavy atom. The highest BCUT2D eigenvalue weighted by Gasteiger charge is 2.78. The number of fused-ring (bicyclic) bond motifs is 1. The molecular weight excluding hydrogens is 313 g/mol. The van der Waals surface area contributed by atoms with E-state index >= 15 is 0 Å². The van der Waals surface area contributed by atoms with Crippen LogP contribution >= 0.6 is 0 Å². The van der Waals surface area contributed by atoms with E-state index in [9.17, 15) is 23.4 Å². The molecular formula is C15H25F3N2O3. The van der Waals surface area contributed by atoms with E-state index in [0.29, 0.717) is 12.8 Å². The van der Waals surface area contributed by atoms with E-state index < -0.39 is 35.5 Å². The van der Waals surface area contributed by atoms with Crippen LogP contribution in [-0.4, -0.2) is 46.2 Å². The number of aliphatic hydroxyl groups excluding tert-OH is 1. The van der Waals surface area contributed by atoms with Crippen molar-refractivity contribution in [2.45, 2.75) is 82.5 Å². The summed E-state index contributed by atoms with van der Waals surface area (Å²) in [5.41, 5.74) is -3.87. The molecule has 1 saturated carbocycles. The third kappa shape index (κ3) is 2.59. The number of rotatable bonds is 5. The number of hydrogen-bond acceptors (Lipinski definition) is 5. The lowest BCUT2D eigenvalue weighted by atomic mass is 9.75. The minimum atomic E-state index is -4.73. The van der Waals surface area contributed by atoms with Crippen LogP contribution in [0, 0.1) is 11.3 Å². The summed E-state index contributed by atoms with van der Waals surface area (Å²) in [4.78, 5) is 0. The molecule has 23 heavy (non-hydrogen) atoms. The highest BCUT2D eigenvalue weighted by molar-refractivity contribution is 5.33. The van der Waals surface area contributed by atoms with E-state index in [-0.39, 0.29) is 18.2 Å². The van der Waals surface area contributed by atoms with E-state index in [1.807, 2.05) is 13.8 Å². The summed E-state index contributed by atoms with van der Waals surface area (Å²) in [7, 11) is 0. The van der Waals surface area contributed by atoms with Crippen LogP contribution in [0.4, 0.5) is 13.2 Å². The van der Waals surface area contributed by atoms with Crippen molar-refractivity contribution in [2.75, 3.05) is 0 Å². The second kappa shape index (κ2) is 5.05. The molecule has 5 nitrogen and oxygen atoms in total. The minimum Gasteiger partial charge on any atom is -0.380 e. The second-order valence-electron chi connectivity index (χ2n) is 7.81. The first-order chi connectivity index (χ1) is 10.4. The molecule has 0 aromatic rings. The Hall–Kier alpha value is -0.410. The molecule has 3 fully saturated rings. The summed E-state index contributed by atoms with van der Waals surface area (Å²) in [6, 6.07) is 0. The molecule has 134 valence electrons. The highest BCUT2D eigenvalue weighted by Crippen LogP contribution is 2.54. The van der Waals surface area contributed by atoms with Gasteiger partial charge in [0.2, 0.25) is 0 Å². The Balaban J connectivity index is 1.72. The van der Waals surface area contributed by atoms with Crippen LogP contribution in [0.1, 0.15) is 46.5 Å². The van der Waals surface area contributed by atoms with Gasteiger partial charge in [0.1, 0.15) is 5.66 Å². The van der Waals surface area contributed by atoms with Gasteiger partial charge in [0.25, 0.3) is 0 Å². The Morgan fingerprint density at radius 2 is 1.65 bits per heavy atom. The van der Waals surface area contributed by atoms with E-state index in [2.05, 4.69) is 10.6 Å². The molecule has 4 atom stereocenters. The fourth-order valence-electron chi connectivity index (χ4n) is 3.76. The molecule has 2 saturated heterocycles. The number of aliphatic hydroxyl groups is 2. The SMILES string of the molecule is CC(C)(C(O)OC1CCCCC1C(C)(O)C(F)(F)F)C12NC1N2. The predicted octanol–water partition coefficient (Wildman–Crippen LogP) is 1.45. The number of ether oxygens (including phenoxy) is 1. The molecule has 0 aromatic carbocycles. The van der Waals surface area contributed by atoms with Gasteiger partial charge in [0.05, 0.1) is 12.3 Å². The third-order valence-electron chi connectivity index (χ3n) is 5.95. The van der Waals surface area contributed by atoms with E-state index in [1.165, 1.54) is 0 Å². The minimum absolute atomic E-state index is 0.149. The van der Waals surface area contributed by atoms with Crippen LogP contribution in [0.2, 0.25) is 0 Å². The van der Waals surface area contributed by atoms with Gasteiger partial charge < -0.3 is 14.9 Å². The first-order valence-corrected chi connectivity index (χ1v) is 8.11. The molecule has 8 heteroatoms. The molecule has 1 aliphatic carbocycles. The van der Waals surface area contributed by atoms with Crippen molar-refractivity contribution in [1.29, 1.82) is 0 Å². The Labute approximate surface area is 133 Å². The molecule has 2 heterocycles. The van der Waals surface area contributed by atoms with Crippen LogP contribution in [-0.2, 0) is 4.74 Å². The Bertz CT molecular complexity index is 475. The van der Waals surface area contributed by atoms with Gasteiger partial charge in [0, 0.05) is 11.3 Å². The first kappa shape index (κ1) is 17.4. The van der Waals surface area contributed by atoms with Crippen LogP contribution in [0.15, 0.2) is 0 Å². The summed E-state index contributed by atoms with van der Waals surface area (Å²) < 4.78 is 45.2. The monoisotopic (exact) mass is 338 g/mol. The normalized spacial score (nSPS) is 41.0. The Kier molecular flexibility index (Phi) is 3.82. The number of hydrogen-bond donors (Lipinski definition) is 4. The molecule has 4 unspecified atom stereocenters. The van der Waals surface area contributed by atoms with Crippen molar-refractivity contribution in [2.24, 2.45) is 11.3 Å². The first-order valence-electron chi connectivity index (χ1n) is 8.11. The van der Waals surface area contributed by atoms with Crippen molar-refractivity contribution < 1.29 is 28.1 Å². The maximum Gasteiger partial charge on any atom is 0.417 e. The standard InChI is InChI=1S/C15H25F3N2O3/c1-12(2,14-10(19-14)20-14)11(21)23-9-7-5-4-6-8(9)13(3,22)15(16,17)18/h8-11,19-22H,4-7H2,1-3H3.